The molecule has 0 spiro atoms. The fraction of sp³-hybridized carbons (Fsp3) is 0.238. The highest BCUT2D eigenvalue weighted by molar-refractivity contribution is 6.30. The largest absolute Gasteiger partial charge is 0.494 e. The summed E-state index contributed by atoms with van der Waals surface area (Å²) in [7, 11) is 5.18. The minimum atomic E-state index is -0.480. The SMILES string of the molecule is COc1ccc(-c2cc(CN(C)C)c(=O)n(Cc3ccc(Cl)cc3)n2)cc1F. The zero-order valence-corrected chi connectivity index (χ0v) is 16.7. The Kier molecular flexibility index (Phi) is 6.11. The lowest BCUT2D eigenvalue weighted by molar-refractivity contribution is 0.386. The maximum atomic E-state index is 14.2. The van der Waals surface area contributed by atoms with Crippen LogP contribution in [0.5, 0.6) is 5.75 Å². The standard InChI is InChI=1S/C21H21ClFN3O2/c1-25(2)13-16-11-19(15-6-9-20(28-3)18(23)10-15)24-26(21(16)27)12-14-4-7-17(22)8-5-14/h4-11H,12-13H2,1-3H3. The summed E-state index contributed by atoms with van der Waals surface area (Å²) in [6, 6.07) is 13.6. The van der Waals surface area contributed by atoms with E-state index >= 15 is 0 Å². The van der Waals surface area contributed by atoms with Gasteiger partial charge in [-0.25, -0.2) is 9.07 Å². The molecule has 7 heteroatoms. The third-order valence-corrected chi connectivity index (χ3v) is 4.48. The Balaban J connectivity index is 2.08. The molecule has 0 radical (unpaired) electrons. The second kappa shape index (κ2) is 8.54. The summed E-state index contributed by atoms with van der Waals surface area (Å²) in [6.45, 7) is 0.747. The van der Waals surface area contributed by atoms with Crippen molar-refractivity contribution in [1.29, 1.82) is 0 Å². The molecule has 0 aliphatic carbocycles. The molecule has 0 aliphatic heterocycles. The molecule has 0 N–H and O–H groups in total. The first kappa shape index (κ1) is 20.0. The number of rotatable bonds is 6. The molecule has 1 heterocycles. The predicted octanol–water partition coefficient (Wildman–Crippen LogP) is 3.82. The fourth-order valence-corrected chi connectivity index (χ4v) is 3.01. The molecule has 28 heavy (non-hydrogen) atoms. The van der Waals surface area contributed by atoms with Crippen LogP contribution in [0.3, 0.4) is 0 Å². The van der Waals surface area contributed by atoms with E-state index in [4.69, 9.17) is 16.3 Å². The highest BCUT2D eigenvalue weighted by Crippen LogP contribution is 2.24. The van der Waals surface area contributed by atoms with Gasteiger partial charge >= 0.3 is 0 Å². The van der Waals surface area contributed by atoms with Gasteiger partial charge in [-0.3, -0.25) is 4.79 Å². The average molecular weight is 402 g/mol. The molecular weight excluding hydrogens is 381 g/mol. The number of methoxy groups -OCH3 is 1. The van der Waals surface area contributed by atoms with E-state index in [2.05, 4.69) is 5.10 Å². The quantitative estimate of drug-likeness (QED) is 0.630. The maximum absolute atomic E-state index is 14.2. The van der Waals surface area contributed by atoms with Gasteiger partial charge < -0.3 is 9.64 Å². The smallest absolute Gasteiger partial charge is 0.271 e. The maximum Gasteiger partial charge on any atom is 0.271 e. The van der Waals surface area contributed by atoms with Crippen LogP contribution in [0.25, 0.3) is 11.3 Å². The number of nitrogens with zero attached hydrogens (tertiary/aromatic N) is 3. The molecule has 0 saturated heterocycles. The van der Waals surface area contributed by atoms with Crippen LogP contribution in [0, 0.1) is 5.82 Å². The summed E-state index contributed by atoms with van der Waals surface area (Å²) >= 11 is 5.94. The minimum Gasteiger partial charge on any atom is -0.494 e. The first-order chi connectivity index (χ1) is 13.4. The molecule has 3 rings (SSSR count). The number of hydrogen-bond acceptors (Lipinski definition) is 4. The third-order valence-electron chi connectivity index (χ3n) is 4.23. The van der Waals surface area contributed by atoms with E-state index in [0.29, 0.717) is 34.9 Å². The van der Waals surface area contributed by atoms with Gasteiger partial charge in [0.25, 0.3) is 5.56 Å². The average Bonchev–Trinajstić information content (AvgIpc) is 2.66. The van der Waals surface area contributed by atoms with Crippen LogP contribution in [0.15, 0.2) is 53.3 Å². The highest BCUT2D eigenvalue weighted by atomic mass is 35.5. The lowest BCUT2D eigenvalue weighted by atomic mass is 10.1. The van der Waals surface area contributed by atoms with Crippen LogP contribution in [0.4, 0.5) is 4.39 Å². The van der Waals surface area contributed by atoms with E-state index in [9.17, 15) is 9.18 Å². The van der Waals surface area contributed by atoms with Gasteiger partial charge in [-0.05, 0) is 56.1 Å². The molecule has 0 bridgehead atoms. The number of hydrogen-bond donors (Lipinski definition) is 0. The Morgan fingerprint density at radius 2 is 1.86 bits per heavy atom. The molecule has 0 amide bonds. The summed E-state index contributed by atoms with van der Waals surface area (Å²) < 4.78 is 20.5. The molecule has 0 fully saturated rings. The lowest BCUT2D eigenvalue weighted by Gasteiger charge is -2.14. The molecule has 146 valence electrons. The second-order valence-corrected chi connectivity index (χ2v) is 7.17. The van der Waals surface area contributed by atoms with Gasteiger partial charge in [-0.2, -0.15) is 5.10 Å². The molecular formula is C21H21ClFN3O2. The van der Waals surface area contributed by atoms with Gasteiger partial charge in [0.05, 0.1) is 19.3 Å². The van der Waals surface area contributed by atoms with Crippen molar-refractivity contribution in [3.05, 3.63) is 80.9 Å². The minimum absolute atomic E-state index is 0.159. The Morgan fingerprint density at radius 3 is 2.46 bits per heavy atom. The van der Waals surface area contributed by atoms with E-state index < -0.39 is 5.82 Å². The lowest BCUT2D eigenvalue weighted by Crippen LogP contribution is -2.29. The number of halogens is 2. The van der Waals surface area contributed by atoms with Crippen LogP contribution in [-0.4, -0.2) is 35.9 Å². The fourth-order valence-electron chi connectivity index (χ4n) is 2.89. The summed E-state index contributed by atoms with van der Waals surface area (Å²) in [4.78, 5) is 14.8. The van der Waals surface area contributed by atoms with Gasteiger partial charge in [0.15, 0.2) is 11.6 Å². The zero-order chi connectivity index (χ0) is 20.3. The van der Waals surface area contributed by atoms with Crippen LogP contribution in [0.2, 0.25) is 5.02 Å². The van der Waals surface area contributed by atoms with Crippen molar-refractivity contribution < 1.29 is 9.13 Å². The topological polar surface area (TPSA) is 47.4 Å². The van der Waals surface area contributed by atoms with Crippen molar-refractivity contribution >= 4 is 11.6 Å². The van der Waals surface area contributed by atoms with Crippen molar-refractivity contribution in [2.24, 2.45) is 0 Å². The van der Waals surface area contributed by atoms with Gasteiger partial charge in [0.2, 0.25) is 0 Å². The summed E-state index contributed by atoms with van der Waals surface area (Å²) in [6.07, 6.45) is 0. The second-order valence-electron chi connectivity index (χ2n) is 6.73. The Bertz CT molecular complexity index is 1030. The monoisotopic (exact) mass is 401 g/mol. The molecule has 3 aromatic rings. The van der Waals surface area contributed by atoms with Crippen LogP contribution >= 0.6 is 11.6 Å². The van der Waals surface area contributed by atoms with Crippen LogP contribution in [-0.2, 0) is 13.1 Å². The van der Waals surface area contributed by atoms with Gasteiger partial charge in [0, 0.05) is 22.7 Å². The first-order valence-corrected chi connectivity index (χ1v) is 9.09. The van der Waals surface area contributed by atoms with Gasteiger partial charge in [0.1, 0.15) is 0 Å². The molecule has 0 saturated carbocycles. The van der Waals surface area contributed by atoms with Crippen LogP contribution in [0.1, 0.15) is 11.1 Å². The summed E-state index contributed by atoms with van der Waals surface area (Å²) in [5, 5.41) is 5.09. The van der Waals surface area contributed by atoms with E-state index in [-0.39, 0.29) is 11.3 Å². The van der Waals surface area contributed by atoms with Crippen molar-refractivity contribution in [1.82, 2.24) is 14.7 Å². The van der Waals surface area contributed by atoms with E-state index in [0.717, 1.165) is 5.56 Å². The summed E-state index contributed by atoms with van der Waals surface area (Å²) in [5.41, 5.74) is 2.39. The predicted molar refractivity (Wildman–Crippen MR) is 108 cm³/mol. The van der Waals surface area contributed by atoms with Crippen molar-refractivity contribution in [2.45, 2.75) is 13.1 Å². The third kappa shape index (κ3) is 4.58. The molecule has 2 aromatic carbocycles. The Hall–Kier alpha value is -2.70. The molecule has 5 nitrogen and oxygen atoms in total. The van der Waals surface area contributed by atoms with Crippen molar-refractivity contribution in [2.75, 3.05) is 21.2 Å². The highest BCUT2D eigenvalue weighted by Gasteiger charge is 2.13. The van der Waals surface area contributed by atoms with Crippen molar-refractivity contribution in [3.8, 4) is 17.0 Å². The Morgan fingerprint density at radius 1 is 1.14 bits per heavy atom. The van der Waals surface area contributed by atoms with Crippen molar-refractivity contribution in [3.63, 3.8) is 0 Å². The van der Waals surface area contributed by atoms with Gasteiger partial charge in [-0.1, -0.05) is 23.7 Å². The molecule has 1 aromatic heterocycles. The normalized spacial score (nSPS) is 11.1. The Labute approximate surface area is 167 Å². The molecule has 0 aliphatic rings. The van der Waals surface area contributed by atoms with Gasteiger partial charge in [-0.15, -0.1) is 0 Å². The number of aromatic nitrogens is 2. The number of benzene rings is 2. The van der Waals surface area contributed by atoms with E-state index in [1.54, 1.807) is 30.3 Å². The van der Waals surface area contributed by atoms with Crippen LogP contribution < -0.4 is 10.3 Å². The molecule has 0 unspecified atom stereocenters. The van der Waals surface area contributed by atoms with E-state index in [1.165, 1.54) is 17.9 Å². The zero-order valence-electron chi connectivity index (χ0n) is 15.9. The van der Waals surface area contributed by atoms with E-state index in [1.807, 2.05) is 31.1 Å². The summed E-state index contributed by atoms with van der Waals surface area (Å²) in [5.74, 6) is -0.321. The first-order valence-electron chi connectivity index (χ1n) is 8.71. The molecule has 0 atom stereocenters. The number of ether oxygens (including phenoxy) is 1.